The van der Waals surface area contributed by atoms with E-state index in [4.69, 9.17) is 5.11 Å². The van der Waals surface area contributed by atoms with Gasteiger partial charge >= 0.3 is 11.9 Å². The summed E-state index contributed by atoms with van der Waals surface area (Å²) < 4.78 is 4.50. The van der Waals surface area contributed by atoms with Gasteiger partial charge in [0.25, 0.3) is 0 Å². The minimum atomic E-state index is -1.16. The Kier molecular flexibility index (Phi) is 5.79. The number of allylic oxidation sites excluding steroid dienone is 2. The zero-order chi connectivity index (χ0) is 14.3. The molecule has 0 fully saturated rings. The van der Waals surface area contributed by atoms with Gasteiger partial charge in [-0.3, -0.25) is 9.59 Å². The molecule has 0 aliphatic carbocycles. The maximum absolute atomic E-state index is 11.4. The van der Waals surface area contributed by atoms with Crippen LogP contribution in [0.5, 0.6) is 0 Å². The van der Waals surface area contributed by atoms with Crippen LogP contribution in [0.25, 0.3) is 5.57 Å². The van der Waals surface area contributed by atoms with Gasteiger partial charge in [-0.25, -0.2) is 0 Å². The largest absolute Gasteiger partial charge is 0.481 e. The number of ether oxygens (including phenoxy) is 1. The first kappa shape index (κ1) is 15.0. The Morgan fingerprint density at radius 3 is 2.42 bits per heavy atom. The standard InChI is InChI=1S/C15H18O4/c1-3-11(12-7-5-4-6-8-12)9-10-13(14(16)17)15(18)19-2/h4-9,13H,3,10H2,1-2H3,(H,16,17). The van der Waals surface area contributed by atoms with E-state index in [0.717, 1.165) is 17.6 Å². The van der Waals surface area contributed by atoms with Crippen LogP contribution in [0.3, 0.4) is 0 Å². The average Bonchev–Trinajstić information content (AvgIpc) is 2.43. The summed E-state index contributed by atoms with van der Waals surface area (Å²) in [7, 11) is 1.19. The highest BCUT2D eigenvalue weighted by molar-refractivity contribution is 5.94. The molecule has 1 N–H and O–H groups in total. The molecular formula is C15H18O4. The second-order valence-electron chi connectivity index (χ2n) is 4.10. The van der Waals surface area contributed by atoms with E-state index in [1.807, 2.05) is 37.3 Å². The monoisotopic (exact) mass is 262 g/mol. The number of esters is 1. The molecule has 0 saturated heterocycles. The molecule has 0 amide bonds. The Hall–Kier alpha value is -2.10. The Morgan fingerprint density at radius 2 is 1.95 bits per heavy atom. The van der Waals surface area contributed by atoms with Gasteiger partial charge in [0.2, 0.25) is 0 Å². The van der Waals surface area contributed by atoms with Crippen LogP contribution in [-0.2, 0) is 14.3 Å². The van der Waals surface area contributed by atoms with Gasteiger partial charge in [0.15, 0.2) is 5.92 Å². The van der Waals surface area contributed by atoms with Gasteiger partial charge in [-0.05, 0) is 24.0 Å². The molecule has 0 aliphatic rings. The van der Waals surface area contributed by atoms with Gasteiger partial charge in [0.05, 0.1) is 7.11 Å². The van der Waals surface area contributed by atoms with Crippen LogP contribution in [0, 0.1) is 5.92 Å². The quantitative estimate of drug-likeness (QED) is 0.632. The van der Waals surface area contributed by atoms with E-state index >= 15 is 0 Å². The molecule has 0 saturated carbocycles. The number of hydrogen-bond acceptors (Lipinski definition) is 3. The van der Waals surface area contributed by atoms with E-state index < -0.39 is 17.9 Å². The average molecular weight is 262 g/mol. The summed E-state index contributed by atoms with van der Waals surface area (Å²) in [4.78, 5) is 22.4. The van der Waals surface area contributed by atoms with Crippen molar-refractivity contribution < 1.29 is 19.4 Å². The smallest absolute Gasteiger partial charge is 0.320 e. The van der Waals surface area contributed by atoms with E-state index in [0.29, 0.717) is 0 Å². The van der Waals surface area contributed by atoms with E-state index in [9.17, 15) is 9.59 Å². The fraction of sp³-hybridized carbons (Fsp3) is 0.333. The third kappa shape index (κ3) is 4.25. The lowest BCUT2D eigenvalue weighted by Crippen LogP contribution is -2.24. The lowest BCUT2D eigenvalue weighted by atomic mass is 9.98. The molecule has 0 aliphatic heterocycles. The zero-order valence-corrected chi connectivity index (χ0v) is 11.1. The normalized spacial score (nSPS) is 12.8. The summed E-state index contributed by atoms with van der Waals surface area (Å²) in [6, 6.07) is 9.69. The second kappa shape index (κ2) is 7.36. The number of carbonyl (C=O) groups is 2. The summed E-state index contributed by atoms with van der Waals surface area (Å²) in [5, 5.41) is 9.00. The van der Waals surface area contributed by atoms with Gasteiger partial charge < -0.3 is 9.84 Å². The predicted molar refractivity (Wildman–Crippen MR) is 72.5 cm³/mol. The maximum atomic E-state index is 11.4. The number of carbonyl (C=O) groups excluding carboxylic acids is 1. The van der Waals surface area contributed by atoms with Crippen LogP contribution in [0.4, 0.5) is 0 Å². The van der Waals surface area contributed by atoms with Crippen molar-refractivity contribution in [1.29, 1.82) is 0 Å². The first-order valence-electron chi connectivity index (χ1n) is 6.15. The Morgan fingerprint density at radius 1 is 1.32 bits per heavy atom. The molecule has 1 unspecified atom stereocenters. The fourth-order valence-electron chi connectivity index (χ4n) is 1.82. The van der Waals surface area contributed by atoms with Crippen molar-refractivity contribution in [1.82, 2.24) is 0 Å². The molecule has 0 heterocycles. The Labute approximate surface area is 112 Å². The van der Waals surface area contributed by atoms with Crippen molar-refractivity contribution in [3.8, 4) is 0 Å². The van der Waals surface area contributed by atoms with Gasteiger partial charge in [0.1, 0.15) is 0 Å². The number of carboxylic acid groups (broad SMARTS) is 1. The van der Waals surface area contributed by atoms with Crippen molar-refractivity contribution in [3.05, 3.63) is 42.0 Å². The predicted octanol–water partition coefficient (Wildman–Crippen LogP) is 2.74. The molecule has 1 aromatic rings. The second-order valence-corrected chi connectivity index (χ2v) is 4.10. The summed E-state index contributed by atoms with van der Waals surface area (Å²) in [6.07, 6.45) is 2.71. The van der Waals surface area contributed by atoms with Crippen LogP contribution < -0.4 is 0 Å². The van der Waals surface area contributed by atoms with E-state index in [1.54, 1.807) is 6.08 Å². The molecule has 0 radical (unpaired) electrons. The van der Waals surface area contributed by atoms with Crippen molar-refractivity contribution >= 4 is 17.5 Å². The molecule has 102 valence electrons. The van der Waals surface area contributed by atoms with E-state index in [-0.39, 0.29) is 6.42 Å². The molecule has 4 heteroatoms. The summed E-state index contributed by atoms with van der Waals surface area (Å²) in [6.45, 7) is 1.99. The molecule has 1 rings (SSSR count). The zero-order valence-electron chi connectivity index (χ0n) is 11.1. The molecule has 0 aromatic heterocycles. The molecule has 19 heavy (non-hydrogen) atoms. The topological polar surface area (TPSA) is 63.6 Å². The molecule has 1 atom stereocenters. The summed E-state index contributed by atoms with van der Waals surface area (Å²) in [5.74, 6) is -3.02. The van der Waals surface area contributed by atoms with Crippen LogP contribution in [0.15, 0.2) is 36.4 Å². The van der Waals surface area contributed by atoms with Gasteiger partial charge in [-0.2, -0.15) is 0 Å². The van der Waals surface area contributed by atoms with E-state index in [2.05, 4.69) is 4.74 Å². The van der Waals surface area contributed by atoms with Gasteiger partial charge in [-0.15, -0.1) is 0 Å². The summed E-state index contributed by atoms with van der Waals surface area (Å²) in [5.41, 5.74) is 2.06. The van der Waals surface area contributed by atoms with Gasteiger partial charge in [-0.1, -0.05) is 43.3 Å². The van der Waals surface area contributed by atoms with Crippen LogP contribution >= 0.6 is 0 Å². The Bertz CT molecular complexity index is 462. The highest BCUT2D eigenvalue weighted by Crippen LogP contribution is 2.20. The number of hydrogen-bond donors (Lipinski definition) is 1. The SMILES string of the molecule is CCC(=CCC(C(=O)O)C(=O)OC)c1ccccc1. The third-order valence-corrected chi connectivity index (χ3v) is 2.91. The first-order valence-corrected chi connectivity index (χ1v) is 6.15. The first-order chi connectivity index (χ1) is 9.10. The number of aliphatic carboxylic acids is 1. The summed E-state index contributed by atoms with van der Waals surface area (Å²) >= 11 is 0. The van der Waals surface area contributed by atoms with Crippen molar-refractivity contribution in [3.63, 3.8) is 0 Å². The minimum absolute atomic E-state index is 0.139. The van der Waals surface area contributed by atoms with Crippen LogP contribution in [0.2, 0.25) is 0 Å². The van der Waals surface area contributed by atoms with Crippen LogP contribution in [-0.4, -0.2) is 24.2 Å². The van der Waals surface area contributed by atoms with Crippen molar-refractivity contribution in [2.24, 2.45) is 5.92 Å². The molecular weight excluding hydrogens is 244 g/mol. The molecule has 4 nitrogen and oxygen atoms in total. The Balaban J connectivity index is 2.87. The number of benzene rings is 1. The van der Waals surface area contributed by atoms with E-state index in [1.165, 1.54) is 7.11 Å². The van der Waals surface area contributed by atoms with Gasteiger partial charge in [0, 0.05) is 0 Å². The molecule has 0 spiro atoms. The number of carboxylic acids is 1. The molecule has 0 bridgehead atoms. The highest BCUT2D eigenvalue weighted by atomic mass is 16.5. The van der Waals surface area contributed by atoms with Crippen molar-refractivity contribution in [2.45, 2.75) is 19.8 Å². The minimum Gasteiger partial charge on any atom is -0.481 e. The maximum Gasteiger partial charge on any atom is 0.320 e. The number of rotatable bonds is 6. The number of methoxy groups -OCH3 is 1. The lowest BCUT2D eigenvalue weighted by Gasteiger charge is -2.09. The molecule has 1 aromatic carbocycles. The fourth-order valence-corrected chi connectivity index (χ4v) is 1.82. The highest BCUT2D eigenvalue weighted by Gasteiger charge is 2.25. The van der Waals surface area contributed by atoms with Crippen LogP contribution in [0.1, 0.15) is 25.3 Å². The van der Waals surface area contributed by atoms with Crippen molar-refractivity contribution in [2.75, 3.05) is 7.11 Å². The lowest BCUT2D eigenvalue weighted by molar-refractivity contribution is -0.156. The third-order valence-electron chi connectivity index (χ3n) is 2.91.